The van der Waals surface area contributed by atoms with E-state index in [-0.39, 0.29) is 11.0 Å². The van der Waals surface area contributed by atoms with Crippen molar-refractivity contribution in [1.29, 1.82) is 0 Å². The molecule has 0 spiro atoms. The van der Waals surface area contributed by atoms with E-state index in [1.165, 1.54) is 0 Å². The minimum Gasteiger partial charge on any atom is -0.497 e. The average molecular weight is 609 g/mol. The molecule has 1 atom stereocenters. The highest BCUT2D eigenvalue weighted by atomic mass is 35.5. The van der Waals surface area contributed by atoms with Crippen molar-refractivity contribution in [2.45, 2.75) is 6.17 Å². The molecule has 0 bridgehead atoms. The summed E-state index contributed by atoms with van der Waals surface area (Å²) in [5.74, 6) is 1.04. The molecule has 0 saturated heterocycles. The second-order valence-electron chi connectivity index (χ2n) is 9.59. The number of nitrogens with one attached hydrogen (secondary N) is 2. The number of nitrogens with zero attached hydrogens (tertiary/aromatic N) is 4. The summed E-state index contributed by atoms with van der Waals surface area (Å²) in [6.07, 6.45) is -1.01. The molecule has 1 amide bonds. The molecule has 1 aliphatic heterocycles. The second-order valence-corrected chi connectivity index (χ2v) is 10.4. The molecule has 5 aromatic rings. The molecule has 214 valence electrons. The Balaban J connectivity index is 1.28. The lowest BCUT2D eigenvalue weighted by molar-refractivity contribution is -0.119. The van der Waals surface area contributed by atoms with Crippen LogP contribution in [0.15, 0.2) is 106 Å². The summed E-state index contributed by atoms with van der Waals surface area (Å²) in [5.41, 5.74) is 4.86. The standard InChI is InChI=1S/C32H25ClN6O3S/c1-39-26-16-15-21(33)18-24(26)27(19-9-4-3-5-10-19)35-28(31(39)40)36-32(43)34-25-14-7-6-13-23(25)30-38-37-29(42-30)20-11-8-12-22(17-20)41-2/h3-18,28H,1-2H3,(H2,34,36,43). The smallest absolute Gasteiger partial charge is 0.272 e. The highest BCUT2D eigenvalue weighted by Crippen LogP contribution is 2.32. The van der Waals surface area contributed by atoms with Crippen molar-refractivity contribution in [2.75, 3.05) is 24.4 Å². The third-order valence-electron chi connectivity index (χ3n) is 6.86. The van der Waals surface area contributed by atoms with Crippen molar-refractivity contribution in [3.8, 4) is 28.7 Å². The summed E-state index contributed by atoms with van der Waals surface area (Å²) in [6, 6.07) is 29.8. The van der Waals surface area contributed by atoms with E-state index in [2.05, 4.69) is 20.8 Å². The Morgan fingerprint density at radius 2 is 1.65 bits per heavy atom. The van der Waals surface area contributed by atoms with Crippen LogP contribution in [-0.2, 0) is 4.79 Å². The van der Waals surface area contributed by atoms with Crippen LogP contribution in [0.2, 0.25) is 5.02 Å². The SMILES string of the molecule is COc1cccc(-c2nnc(-c3ccccc3NC(=S)NC3N=C(c4ccccc4)c4cc(Cl)ccc4N(C)C3=O)o2)c1. The Hall–Kier alpha value is -5.06. The van der Waals surface area contributed by atoms with Gasteiger partial charge in [-0.05, 0) is 60.7 Å². The van der Waals surface area contributed by atoms with Crippen LogP contribution in [0.3, 0.4) is 0 Å². The predicted octanol–water partition coefficient (Wildman–Crippen LogP) is 6.19. The lowest BCUT2D eigenvalue weighted by atomic mass is 10.0. The normalized spacial score (nSPS) is 14.4. The van der Waals surface area contributed by atoms with E-state index in [4.69, 9.17) is 38.0 Å². The number of hydrogen-bond acceptors (Lipinski definition) is 7. The summed E-state index contributed by atoms with van der Waals surface area (Å²) in [5, 5.41) is 15.5. The molecule has 1 aliphatic rings. The quantitative estimate of drug-likeness (QED) is 0.220. The number of rotatable bonds is 6. The van der Waals surface area contributed by atoms with Crippen LogP contribution < -0.4 is 20.3 Å². The second kappa shape index (κ2) is 12.0. The lowest BCUT2D eigenvalue weighted by Gasteiger charge is -2.22. The third-order valence-corrected chi connectivity index (χ3v) is 7.32. The van der Waals surface area contributed by atoms with Gasteiger partial charge < -0.3 is 24.7 Å². The van der Waals surface area contributed by atoms with Gasteiger partial charge in [-0.1, -0.05) is 60.1 Å². The van der Waals surface area contributed by atoms with Crippen molar-refractivity contribution in [1.82, 2.24) is 15.5 Å². The summed E-state index contributed by atoms with van der Waals surface area (Å²) in [7, 11) is 3.30. The Morgan fingerprint density at radius 3 is 2.47 bits per heavy atom. The minimum absolute atomic E-state index is 0.187. The molecule has 2 N–H and O–H groups in total. The molecular formula is C32H25ClN6O3S. The number of carbonyl (C=O) groups excluding carboxylic acids is 1. The summed E-state index contributed by atoms with van der Waals surface area (Å²) in [4.78, 5) is 20.0. The van der Waals surface area contributed by atoms with Gasteiger partial charge in [-0.15, -0.1) is 10.2 Å². The van der Waals surface area contributed by atoms with E-state index in [1.54, 1.807) is 25.1 Å². The number of aromatic nitrogens is 2. The molecule has 1 unspecified atom stereocenters. The monoisotopic (exact) mass is 608 g/mol. The fourth-order valence-corrected chi connectivity index (χ4v) is 5.13. The number of aliphatic imine (C=N–C) groups is 1. The number of para-hydroxylation sites is 1. The molecule has 6 rings (SSSR count). The highest BCUT2D eigenvalue weighted by Gasteiger charge is 2.31. The maximum atomic E-state index is 13.6. The van der Waals surface area contributed by atoms with E-state index in [0.717, 1.165) is 16.7 Å². The summed E-state index contributed by atoms with van der Waals surface area (Å²) >= 11 is 12.0. The number of anilines is 2. The summed E-state index contributed by atoms with van der Waals surface area (Å²) < 4.78 is 11.3. The van der Waals surface area contributed by atoms with Crippen molar-refractivity contribution in [2.24, 2.45) is 4.99 Å². The fraction of sp³-hybridized carbons (Fsp3) is 0.0938. The molecule has 4 aromatic carbocycles. The number of ether oxygens (including phenoxy) is 1. The number of thiocarbonyl (C=S) groups is 1. The Morgan fingerprint density at radius 1 is 0.907 bits per heavy atom. The number of benzodiazepines with no additional fused rings is 1. The molecule has 1 aromatic heterocycles. The maximum Gasteiger partial charge on any atom is 0.272 e. The highest BCUT2D eigenvalue weighted by molar-refractivity contribution is 7.80. The molecular weight excluding hydrogens is 584 g/mol. The molecule has 11 heteroatoms. The number of halogens is 1. The number of amides is 1. The van der Waals surface area contributed by atoms with Crippen LogP contribution in [0.5, 0.6) is 5.75 Å². The van der Waals surface area contributed by atoms with Gasteiger partial charge in [-0.2, -0.15) is 0 Å². The molecule has 2 heterocycles. The molecule has 0 fully saturated rings. The zero-order chi connectivity index (χ0) is 29.9. The van der Waals surface area contributed by atoms with Gasteiger partial charge in [0.15, 0.2) is 5.11 Å². The first-order chi connectivity index (χ1) is 20.9. The van der Waals surface area contributed by atoms with Crippen LogP contribution in [0.4, 0.5) is 11.4 Å². The Bertz CT molecular complexity index is 1860. The Kier molecular flexibility index (Phi) is 7.86. The zero-order valence-electron chi connectivity index (χ0n) is 23.1. The van der Waals surface area contributed by atoms with Gasteiger partial charge >= 0.3 is 0 Å². The number of fused-ring (bicyclic) bond motifs is 1. The number of benzene rings is 4. The van der Waals surface area contributed by atoms with Gasteiger partial charge in [0.05, 0.1) is 29.8 Å². The van der Waals surface area contributed by atoms with E-state index >= 15 is 0 Å². The lowest BCUT2D eigenvalue weighted by Crippen LogP contribution is -2.47. The van der Waals surface area contributed by atoms with Crippen LogP contribution in [0, 0.1) is 0 Å². The first-order valence-corrected chi connectivity index (χ1v) is 14.1. The van der Waals surface area contributed by atoms with E-state index in [0.29, 0.717) is 45.2 Å². The van der Waals surface area contributed by atoms with Crippen molar-refractivity contribution >= 4 is 51.9 Å². The van der Waals surface area contributed by atoms with E-state index in [1.807, 2.05) is 91.0 Å². The minimum atomic E-state index is -1.01. The van der Waals surface area contributed by atoms with E-state index in [9.17, 15) is 4.79 Å². The molecule has 0 radical (unpaired) electrons. The molecule has 0 aliphatic carbocycles. The van der Waals surface area contributed by atoms with Gasteiger partial charge in [-0.3, -0.25) is 4.79 Å². The predicted molar refractivity (Wildman–Crippen MR) is 172 cm³/mol. The van der Waals surface area contributed by atoms with Gasteiger partial charge in [0, 0.05) is 28.8 Å². The number of carbonyl (C=O) groups is 1. The average Bonchev–Trinajstić information content (AvgIpc) is 3.50. The summed E-state index contributed by atoms with van der Waals surface area (Å²) in [6.45, 7) is 0. The van der Waals surface area contributed by atoms with E-state index < -0.39 is 6.17 Å². The largest absolute Gasteiger partial charge is 0.497 e. The van der Waals surface area contributed by atoms with Gasteiger partial charge in [0.25, 0.3) is 5.91 Å². The first-order valence-electron chi connectivity index (χ1n) is 13.3. The van der Waals surface area contributed by atoms with Crippen molar-refractivity contribution in [3.05, 3.63) is 113 Å². The molecule has 9 nitrogen and oxygen atoms in total. The Labute approximate surface area is 258 Å². The van der Waals surface area contributed by atoms with Crippen LogP contribution >= 0.6 is 23.8 Å². The van der Waals surface area contributed by atoms with Crippen LogP contribution in [0.25, 0.3) is 22.9 Å². The van der Waals surface area contributed by atoms with Gasteiger partial charge in [0.1, 0.15) is 5.75 Å². The van der Waals surface area contributed by atoms with Crippen molar-refractivity contribution in [3.63, 3.8) is 0 Å². The van der Waals surface area contributed by atoms with Crippen LogP contribution in [0.1, 0.15) is 11.1 Å². The number of methoxy groups -OCH3 is 1. The van der Waals surface area contributed by atoms with Gasteiger partial charge in [-0.25, -0.2) is 4.99 Å². The topological polar surface area (TPSA) is 105 Å². The fourth-order valence-electron chi connectivity index (χ4n) is 4.73. The number of hydrogen-bond donors (Lipinski definition) is 2. The molecule has 0 saturated carbocycles. The zero-order valence-corrected chi connectivity index (χ0v) is 24.7. The molecule has 43 heavy (non-hydrogen) atoms. The first kappa shape index (κ1) is 28.1. The number of likely N-dealkylation sites (N-methyl/N-ethyl adjacent to an activating group) is 1. The van der Waals surface area contributed by atoms with Crippen LogP contribution in [-0.4, -0.2) is 47.3 Å². The van der Waals surface area contributed by atoms with Gasteiger partial charge in [0.2, 0.25) is 17.9 Å². The third kappa shape index (κ3) is 5.83. The maximum absolute atomic E-state index is 13.6. The van der Waals surface area contributed by atoms with Crippen molar-refractivity contribution < 1.29 is 13.9 Å².